The van der Waals surface area contributed by atoms with Crippen LogP contribution in [0.15, 0.2) is 221 Å². The Morgan fingerprint density at radius 3 is 1.29 bits per heavy atom. The number of para-hydroxylation sites is 4. The Kier molecular flexibility index (Phi) is 24.3. The zero-order valence-corrected chi connectivity index (χ0v) is 63.4. The first-order valence-corrected chi connectivity index (χ1v) is 40.4. The van der Waals surface area contributed by atoms with Crippen LogP contribution in [-0.2, 0) is 46.1 Å². The standard InChI is InChI=1S/C29H30N4O4S.C26H30N4O4S.C25H28N4O5S/c1-21-19-32(20-24-7-3-4-10-26(24)37-2)17-18-33(21)29(34)23-12-14-25(15-13-23)31-38(35,36)27-11-5-8-22-9-6-16-30-28(22)27;1-19-17-29(18-23-7-4-16-34-23)14-15-30(19)26(31)21-9-11-22(12-10-21)28-35(32,33)24-8-2-5-20-6-3-13-27-25(20)24;1-4-34-25(31)29-17(2)15-28(16-18(29)3)24(30)20-10-12-21(13-11-20)27-35(32,33)22-9-5-7-19-8-6-14-26-23(19)22/h3-16,21,31H,17-20H2,1-2H3;2-3,5-6,8-13,19,23,28H,4,7,14-18H2,1H3;5-14,17-18,27H,4,15-16H2,1-3H3/t;19-,23?;17-,18+/m.0./s1. The van der Waals surface area contributed by atoms with E-state index in [4.69, 9.17) is 14.2 Å². The molecule has 0 radical (unpaired) electrons. The van der Waals surface area contributed by atoms with Crippen molar-refractivity contribution >= 4 is 104 Å². The van der Waals surface area contributed by atoms with Crippen LogP contribution in [0, 0.1) is 0 Å². The number of benzene rings is 7. The van der Waals surface area contributed by atoms with Crippen LogP contribution < -0.4 is 18.9 Å². The Morgan fingerprint density at radius 1 is 0.472 bits per heavy atom. The third kappa shape index (κ3) is 18.1. The molecule has 7 aromatic carbocycles. The van der Waals surface area contributed by atoms with Gasteiger partial charge in [-0.05, 0) is 163 Å². The number of nitrogens with zero attached hydrogens (tertiary/aromatic N) is 9. The summed E-state index contributed by atoms with van der Waals surface area (Å²) in [6.07, 6.45) is 6.87. The largest absolute Gasteiger partial charge is 0.496 e. The maximum absolute atomic E-state index is 13.3. The summed E-state index contributed by atoms with van der Waals surface area (Å²) in [4.78, 5) is 76.6. The molecule has 4 aliphatic rings. The molecule has 0 bridgehead atoms. The quantitative estimate of drug-likeness (QED) is 0.0719. The molecule has 0 aliphatic carbocycles. The van der Waals surface area contributed by atoms with Crippen LogP contribution in [0.4, 0.5) is 21.9 Å². The molecule has 3 N–H and O–H groups in total. The van der Waals surface area contributed by atoms with Crippen molar-refractivity contribution in [3.63, 3.8) is 0 Å². The number of ether oxygens (including phenoxy) is 3. The molecule has 10 aromatic rings. The summed E-state index contributed by atoms with van der Waals surface area (Å²) in [7, 11) is -9.91. The first-order chi connectivity index (χ1) is 52.0. The predicted molar refractivity (Wildman–Crippen MR) is 415 cm³/mol. The first kappa shape index (κ1) is 77.0. The third-order valence-corrected chi connectivity index (χ3v) is 23.7. The minimum Gasteiger partial charge on any atom is -0.496 e. The van der Waals surface area contributed by atoms with E-state index in [2.05, 4.69) is 51.9 Å². The van der Waals surface area contributed by atoms with Crippen LogP contribution in [0.3, 0.4) is 0 Å². The van der Waals surface area contributed by atoms with Gasteiger partial charge in [0.05, 0.1) is 48.5 Å². The first-order valence-electron chi connectivity index (χ1n) is 35.9. The zero-order valence-electron chi connectivity index (χ0n) is 61.0. The number of methoxy groups -OCH3 is 1. The number of carbonyl (C=O) groups is 4. The predicted octanol–water partition coefficient (Wildman–Crippen LogP) is 11.5. The highest BCUT2D eigenvalue weighted by Crippen LogP contribution is 2.30. The average molecular weight is 1520 g/mol. The van der Waals surface area contributed by atoms with E-state index >= 15 is 0 Å². The van der Waals surface area contributed by atoms with Crippen molar-refractivity contribution < 1.29 is 58.6 Å². The summed E-state index contributed by atoms with van der Waals surface area (Å²) in [5.74, 6) is 0.579. The Hall–Kier alpha value is -10.6. The van der Waals surface area contributed by atoms with E-state index in [1.165, 1.54) is 18.2 Å². The molecular weight excluding hydrogens is 1430 g/mol. The number of rotatable bonds is 18. The molecule has 25 nitrogen and oxygen atoms in total. The summed E-state index contributed by atoms with van der Waals surface area (Å²) >= 11 is 0. The molecule has 0 spiro atoms. The van der Waals surface area contributed by atoms with Crippen LogP contribution in [0.25, 0.3) is 32.7 Å². The minimum atomic E-state index is -3.88. The number of hydrogen-bond acceptors (Lipinski definition) is 18. The van der Waals surface area contributed by atoms with E-state index in [0.717, 1.165) is 86.2 Å². The van der Waals surface area contributed by atoms with Crippen LogP contribution in [0.1, 0.15) is 84.1 Å². The smallest absolute Gasteiger partial charge is 0.410 e. The van der Waals surface area contributed by atoms with Crippen LogP contribution in [0.2, 0.25) is 0 Å². The van der Waals surface area contributed by atoms with E-state index in [-0.39, 0.29) is 62.7 Å². The lowest BCUT2D eigenvalue weighted by Crippen LogP contribution is -2.59. The van der Waals surface area contributed by atoms with Crippen molar-refractivity contribution in [2.24, 2.45) is 0 Å². The number of anilines is 3. The van der Waals surface area contributed by atoms with Gasteiger partial charge in [0.15, 0.2) is 0 Å². The molecule has 108 heavy (non-hydrogen) atoms. The van der Waals surface area contributed by atoms with Crippen molar-refractivity contribution in [3.8, 4) is 5.75 Å². The molecule has 2 unspecified atom stereocenters. The van der Waals surface area contributed by atoms with Gasteiger partial charge in [0.25, 0.3) is 47.8 Å². The normalized spacial score (nSPS) is 18.6. The maximum Gasteiger partial charge on any atom is 0.410 e. The highest BCUT2D eigenvalue weighted by molar-refractivity contribution is 7.93. The third-order valence-electron chi connectivity index (χ3n) is 19.5. The van der Waals surface area contributed by atoms with Crippen molar-refractivity contribution in [2.75, 3.05) is 93.4 Å². The molecule has 0 saturated carbocycles. The Morgan fingerprint density at radius 2 is 0.880 bits per heavy atom. The second-order valence-corrected chi connectivity index (χ2v) is 32.1. The number of pyridine rings is 3. The van der Waals surface area contributed by atoms with E-state index < -0.39 is 30.1 Å². The highest BCUT2D eigenvalue weighted by atomic mass is 32.2. The van der Waals surface area contributed by atoms with Crippen molar-refractivity contribution in [2.45, 2.75) is 99.0 Å². The van der Waals surface area contributed by atoms with Crippen molar-refractivity contribution in [1.29, 1.82) is 0 Å². The van der Waals surface area contributed by atoms with Gasteiger partial charge in [-0.1, -0.05) is 72.8 Å². The van der Waals surface area contributed by atoms with Crippen LogP contribution >= 0.6 is 0 Å². The van der Waals surface area contributed by atoms with Gasteiger partial charge in [0, 0.05) is 158 Å². The van der Waals surface area contributed by atoms with Gasteiger partial charge in [0.1, 0.15) is 20.4 Å². The highest BCUT2D eigenvalue weighted by Gasteiger charge is 2.37. The topological polar surface area (TPSA) is 293 Å². The van der Waals surface area contributed by atoms with Gasteiger partial charge in [-0.2, -0.15) is 0 Å². The molecule has 4 saturated heterocycles. The summed E-state index contributed by atoms with van der Waals surface area (Å²) < 4.78 is 102. The van der Waals surface area contributed by atoms with E-state index in [0.29, 0.717) is 89.2 Å². The van der Waals surface area contributed by atoms with E-state index in [9.17, 15) is 44.4 Å². The molecule has 3 aromatic heterocycles. The van der Waals surface area contributed by atoms with Gasteiger partial charge >= 0.3 is 6.09 Å². The molecule has 4 fully saturated rings. The maximum atomic E-state index is 13.3. The molecule has 14 rings (SSSR count). The Labute approximate surface area is 630 Å². The molecule has 4 aliphatic heterocycles. The van der Waals surface area contributed by atoms with Crippen LogP contribution in [-0.4, -0.2) is 203 Å². The number of fused-ring (bicyclic) bond motifs is 3. The number of nitrogens with one attached hydrogen (secondary N) is 3. The summed E-state index contributed by atoms with van der Waals surface area (Å²) in [5, 5.41) is 2.22. The second-order valence-electron chi connectivity index (χ2n) is 27.2. The van der Waals surface area contributed by atoms with Gasteiger partial charge in [-0.15, -0.1) is 0 Å². The fraction of sp³-hybridized carbons (Fsp3) is 0.312. The number of carbonyl (C=O) groups excluding carboxylic acids is 4. The van der Waals surface area contributed by atoms with Crippen molar-refractivity contribution in [1.82, 2.24) is 44.4 Å². The lowest BCUT2D eigenvalue weighted by atomic mass is 10.1. The fourth-order valence-corrected chi connectivity index (χ4v) is 18.0. The molecule has 7 heterocycles. The zero-order chi connectivity index (χ0) is 76.3. The van der Waals surface area contributed by atoms with Crippen LogP contribution in [0.5, 0.6) is 5.75 Å². The molecule has 564 valence electrons. The van der Waals surface area contributed by atoms with Gasteiger partial charge in [-0.25, -0.2) is 30.0 Å². The average Bonchev–Trinajstić information content (AvgIpc) is 1.24. The van der Waals surface area contributed by atoms with E-state index in [1.807, 2.05) is 73.0 Å². The lowest BCUT2D eigenvalue weighted by Gasteiger charge is -2.43. The molecule has 5 atom stereocenters. The summed E-state index contributed by atoms with van der Waals surface area (Å²) in [6.45, 7) is 17.7. The van der Waals surface area contributed by atoms with Gasteiger partial charge in [0.2, 0.25) is 0 Å². The Bertz CT molecular complexity index is 5210. The van der Waals surface area contributed by atoms with Crippen molar-refractivity contribution in [3.05, 3.63) is 229 Å². The van der Waals surface area contributed by atoms with E-state index in [1.54, 1.807) is 164 Å². The number of amides is 4. The number of hydrogen-bond donors (Lipinski definition) is 3. The monoisotopic (exact) mass is 1520 g/mol. The number of piperazine rings is 3. The molecule has 28 heteroatoms. The summed E-state index contributed by atoms with van der Waals surface area (Å²) in [5.41, 5.74) is 4.94. The number of sulfonamides is 3. The minimum absolute atomic E-state index is 0.0306. The lowest BCUT2D eigenvalue weighted by molar-refractivity contribution is 0.0228. The fourth-order valence-electron chi connectivity index (χ4n) is 14.2. The second kappa shape index (κ2) is 34.1. The SMILES string of the molecule is CCOC(=O)N1[C@H](C)CN(C(=O)c2ccc(NS(=O)(=O)c3cccc4cccnc34)cc2)C[C@@H]1C.COc1ccccc1CN1CCN(C(=O)c2ccc(NS(=O)(=O)c3cccc4cccnc34)cc2)C(C)C1.C[C@H]1CN(CC2CCCO2)CCN1C(=O)c1ccc(NS(=O)(=O)c2cccc3cccnc23)cc1. The molecular formula is C80H88N12O13S3. The Balaban J connectivity index is 0.000000151. The molecule has 4 amide bonds. The van der Waals surface area contributed by atoms with Gasteiger partial charge < -0.3 is 28.9 Å². The van der Waals surface area contributed by atoms with Gasteiger partial charge in [-0.3, -0.25) is 58.2 Å². The number of aromatic nitrogens is 3. The summed E-state index contributed by atoms with van der Waals surface area (Å²) in [6, 6.07) is 53.0.